The first-order valence-corrected chi connectivity index (χ1v) is 6.81. The Morgan fingerprint density at radius 1 is 1.50 bits per heavy atom. The highest BCUT2D eigenvalue weighted by Gasteiger charge is 2.19. The van der Waals surface area contributed by atoms with Gasteiger partial charge in [0.15, 0.2) is 0 Å². The van der Waals surface area contributed by atoms with Crippen LogP contribution < -0.4 is 11.3 Å². The van der Waals surface area contributed by atoms with Gasteiger partial charge in [0.05, 0.1) is 11.1 Å². The first-order chi connectivity index (χ1) is 9.67. The van der Waals surface area contributed by atoms with Crippen LogP contribution >= 0.6 is 11.6 Å². The van der Waals surface area contributed by atoms with Crippen LogP contribution in [0.25, 0.3) is 0 Å². The second-order valence-electron chi connectivity index (χ2n) is 4.47. The van der Waals surface area contributed by atoms with Crippen LogP contribution in [-0.4, -0.2) is 14.8 Å². The van der Waals surface area contributed by atoms with Crippen LogP contribution in [0, 0.1) is 5.82 Å². The minimum Gasteiger partial charge on any atom is -0.271 e. The van der Waals surface area contributed by atoms with Gasteiger partial charge in [-0.05, 0) is 12.5 Å². The molecule has 2 rings (SSSR count). The van der Waals surface area contributed by atoms with E-state index in [1.807, 2.05) is 0 Å². The zero-order chi connectivity index (χ0) is 14.5. The second kappa shape index (κ2) is 6.78. The molecular formula is C13H17ClFN5. The molecule has 0 saturated carbocycles. The molecule has 5 nitrogen and oxygen atoms in total. The second-order valence-corrected chi connectivity index (χ2v) is 4.87. The maximum absolute atomic E-state index is 14.0. The molecule has 0 aliphatic heterocycles. The van der Waals surface area contributed by atoms with Crippen molar-refractivity contribution < 1.29 is 4.39 Å². The standard InChI is InChI=1S/C13H17ClFN5/c1-2-6-20-12(17-8-18-20)7-11(19-16)9-4-3-5-10(14)13(9)15/h3-5,8,11,19H,2,6-7,16H2,1H3. The lowest BCUT2D eigenvalue weighted by atomic mass is 10.0. The molecule has 0 aliphatic carbocycles. The lowest BCUT2D eigenvalue weighted by Crippen LogP contribution is -2.31. The summed E-state index contributed by atoms with van der Waals surface area (Å²) in [5.41, 5.74) is 3.04. The Morgan fingerprint density at radius 3 is 3.00 bits per heavy atom. The van der Waals surface area contributed by atoms with E-state index in [0.29, 0.717) is 12.0 Å². The van der Waals surface area contributed by atoms with Crippen molar-refractivity contribution in [3.8, 4) is 0 Å². The highest BCUT2D eigenvalue weighted by Crippen LogP contribution is 2.25. The van der Waals surface area contributed by atoms with Crippen LogP contribution in [0.2, 0.25) is 5.02 Å². The summed E-state index contributed by atoms with van der Waals surface area (Å²) < 4.78 is 15.8. The fraction of sp³-hybridized carbons (Fsp3) is 0.385. The van der Waals surface area contributed by atoms with E-state index >= 15 is 0 Å². The number of hydrazine groups is 1. The van der Waals surface area contributed by atoms with Crippen LogP contribution in [-0.2, 0) is 13.0 Å². The quantitative estimate of drug-likeness (QED) is 0.634. The van der Waals surface area contributed by atoms with Crippen LogP contribution in [0.4, 0.5) is 4.39 Å². The van der Waals surface area contributed by atoms with E-state index in [1.165, 1.54) is 12.4 Å². The zero-order valence-electron chi connectivity index (χ0n) is 11.2. The van der Waals surface area contributed by atoms with Crippen molar-refractivity contribution in [3.05, 3.63) is 46.8 Å². The normalized spacial score (nSPS) is 12.6. The summed E-state index contributed by atoms with van der Waals surface area (Å²) in [6.07, 6.45) is 2.88. The van der Waals surface area contributed by atoms with Crippen molar-refractivity contribution in [2.24, 2.45) is 5.84 Å². The molecule has 20 heavy (non-hydrogen) atoms. The summed E-state index contributed by atoms with van der Waals surface area (Å²) >= 11 is 5.80. The van der Waals surface area contributed by atoms with Gasteiger partial charge in [-0.25, -0.2) is 9.37 Å². The number of halogens is 2. The average Bonchev–Trinajstić information content (AvgIpc) is 2.87. The molecule has 7 heteroatoms. The van der Waals surface area contributed by atoms with Crippen LogP contribution in [0.3, 0.4) is 0 Å². The van der Waals surface area contributed by atoms with E-state index in [1.54, 1.807) is 16.8 Å². The Balaban J connectivity index is 2.24. The highest BCUT2D eigenvalue weighted by molar-refractivity contribution is 6.30. The molecule has 1 unspecified atom stereocenters. The van der Waals surface area contributed by atoms with E-state index in [2.05, 4.69) is 22.4 Å². The SMILES string of the molecule is CCCn1ncnc1CC(NN)c1cccc(Cl)c1F. The Hall–Kier alpha value is -1.50. The molecule has 1 aromatic heterocycles. The van der Waals surface area contributed by atoms with Gasteiger partial charge in [0.1, 0.15) is 18.0 Å². The minimum absolute atomic E-state index is 0.0813. The van der Waals surface area contributed by atoms with Gasteiger partial charge in [-0.3, -0.25) is 16.0 Å². The molecule has 0 saturated heterocycles. The molecule has 0 bridgehead atoms. The number of nitrogens with zero attached hydrogens (tertiary/aromatic N) is 3. The lowest BCUT2D eigenvalue weighted by Gasteiger charge is -2.17. The summed E-state index contributed by atoms with van der Waals surface area (Å²) in [6, 6.07) is 4.45. The largest absolute Gasteiger partial charge is 0.271 e. The molecule has 3 N–H and O–H groups in total. The maximum Gasteiger partial charge on any atom is 0.146 e. The van der Waals surface area contributed by atoms with Crippen LogP contribution in [0.5, 0.6) is 0 Å². The molecule has 2 aromatic rings. The fourth-order valence-corrected chi connectivity index (χ4v) is 2.26. The molecule has 1 atom stereocenters. The van der Waals surface area contributed by atoms with Crippen molar-refractivity contribution in [3.63, 3.8) is 0 Å². The Bertz CT molecular complexity index is 572. The Kier molecular flexibility index (Phi) is 5.05. The van der Waals surface area contributed by atoms with Gasteiger partial charge in [-0.2, -0.15) is 5.10 Å². The van der Waals surface area contributed by atoms with Crippen molar-refractivity contribution in [1.29, 1.82) is 0 Å². The minimum atomic E-state index is -0.460. The number of nitrogens with one attached hydrogen (secondary N) is 1. The molecular weight excluding hydrogens is 281 g/mol. The van der Waals surface area contributed by atoms with Gasteiger partial charge >= 0.3 is 0 Å². The number of nitrogens with two attached hydrogens (primary N) is 1. The topological polar surface area (TPSA) is 68.8 Å². The molecule has 0 radical (unpaired) electrons. The third-order valence-electron chi connectivity index (χ3n) is 3.08. The molecule has 108 valence electrons. The van der Waals surface area contributed by atoms with E-state index in [4.69, 9.17) is 17.4 Å². The molecule has 1 heterocycles. The number of aromatic nitrogens is 3. The summed E-state index contributed by atoms with van der Waals surface area (Å²) in [7, 11) is 0. The summed E-state index contributed by atoms with van der Waals surface area (Å²) in [5, 5.41) is 4.23. The van der Waals surface area contributed by atoms with E-state index in [-0.39, 0.29) is 5.02 Å². The number of benzene rings is 1. The maximum atomic E-state index is 14.0. The van der Waals surface area contributed by atoms with E-state index in [0.717, 1.165) is 18.8 Å². The fourth-order valence-electron chi connectivity index (χ4n) is 2.08. The van der Waals surface area contributed by atoms with Gasteiger partial charge in [0, 0.05) is 18.5 Å². The zero-order valence-corrected chi connectivity index (χ0v) is 11.9. The van der Waals surface area contributed by atoms with Gasteiger partial charge in [-0.15, -0.1) is 0 Å². The summed E-state index contributed by atoms with van der Waals surface area (Å²) in [5.74, 6) is 5.85. The summed E-state index contributed by atoms with van der Waals surface area (Å²) in [4.78, 5) is 4.20. The molecule has 0 fully saturated rings. The van der Waals surface area contributed by atoms with Crippen LogP contribution in [0.15, 0.2) is 24.5 Å². The monoisotopic (exact) mass is 297 g/mol. The van der Waals surface area contributed by atoms with Crippen molar-refractivity contribution in [1.82, 2.24) is 20.2 Å². The molecule has 0 spiro atoms. The van der Waals surface area contributed by atoms with E-state index in [9.17, 15) is 4.39 Å². The van der Waals surface area contributed by atoms with Crippen molar-refractivity contribution in [2.75, 3.05) is 0 Å². The first-order valence-electron chi connectivity index (χ1n) is 6.44. The molecule has 0 amide bonds. The smallest absolute Gasteiger partial charge is 0.146 e. The average molecular weight is 298 g/mol. The molecule has 0 aliphatic rings. The lowest BCUT2D eigenvalue weighted by molar-refractivity contribution is 0.478. The van der Waals surface area contributed by atoms with Crippen molar-refractivity contribution >= 4 is 11.6 Å². The summed E-state index contributed by atoms with van der Waals surface area (Å²) in [6.45, 7) is 2.82. The Labute approximate surface area is 121 Å². The third-order valence-corrected chi connectivity index (χ3v) is 3.37. The van der Waals surface area contributed by atoms with Gasteiger partial charge in [-0.1, -0.05) is 30.7 Å². The third kappa shape index (κ3) is 3.15. The van der Waals surface area contributed by atoms with E-state index < -0.39 is 11.9 Å². The van der Waals surface area contributed by atoms with Crippen LogP contribution in [0.1, 0.15) is 30.8 Å². The number of rotatable bonds is 6. The highest BCUT2D eigenvalue weighted by atomic mass is 35.5. The van der Waals surface area contributed by atoms with Gasteiger partial charge < -0.3 is 0 Å². The predicted molar refractivity (Wildman–Crippen MR) is 75.5 cm³/mol. The Morgan fingerprint density at radius 2 is 2.30 bits per heavy atom. The number of aryl methyl sites for hydroxylation is 1. The van der Waals surface area contributed by atoms with Crippen molar-refractivity contribution in [2.45, 2.75) is 32.4 Å². The molecule has 1 aromatic carbocycles. The first kappa shape index (κ1) is 14.9. The predicted octanol–water partition coefficient (Wildman–Crippen LogP) is 2.23. The van der Waals surface area contributed by atoms with Gasteiger partial charge in [0.2, 0.25) is 0 Å². The number of hydrogen-bond acceptors (Lipinski definition) is 4. The van der Waals surface area contributed by atoms with Gasteiger partial charge in [0.25, 0.3) is 0 Å². The number of hydrogen-bond donors (Lipinski definition) is 2.